The van der Waals surface area contributed by atoms with Gasteiger partial charge in [0.15, 0.2) is 0 Å². The highest BCUT2D eigenvalue weighted by Crippen LogP contribution is 2.13. The summed E-state index contributed by atoms with van der Waals surface area (Å²) in [6, 6.07) is 7.14. The number of amides is 1. The van der Waals surface area contributed by atoms with Gasteiger partial charge in [-0.15, -0.1) is 0 Å². The first-order chi connectivity index (χ1) is 9.27. The Kier molecular flexibility index (Phi) is 7.62. The van der Waals surface area contributed by atoms with Crippen molar-refractivity contribution in [2.45, 2.75) is 6.92 Å². The molecule has 0 aliphatic heterocycles. The molecular formula is C14H22N2O3. The first-order valence-electron chi connectivity index (χ1n) is 6.48. The van der Waals surface area contributed by atoms with Crippen molar-refractivity contribution >= 4 is 5.91 Å². The Bertz CT molecular complexity index is 383. The Balaban J connectivity index is 2.43. The molecule has 0 atom stereocenters. The smallest absolute Gasteiger partial charge is 0.251 e. The van der Waals surface area contributed by atoms with Gasteiger partial charge in [0.05, 0.1) is 6.61 Å². The van der Waals surface area contributed by atoms with Crippen molar-refractivity contribution in [1.82, 2.24) is 10.6 Å². The molecule has 5 heteroatoms. The first-order valence-corrected chi connectivity index (χ1v) is 6.48. The Morgan fingerprint density at radius 2 is 2.11 bits per heavy atom. The summed E-state index contributed by atoms with van der Waals surface area (Å²) in [5, 5.41) is 5.99. The Morgan fingerprint density at radius 1 is 1.26 bits per heavy atom. The molecule has 0 bridgehead atoms. The van der Waals surface area contributed by atoms with E-state index >= 15 is 0 Å². The van der Waals surface area contributed by atoms with Crippen molar-refractivity contribution in [2.24, 2.45) is 0 Å². The quantitative estimate of drug-likeness (QED) is 0.656. The number of nitrogens with one attached hydrogen (secondary N) is 2. The fourth-order valence-corrected chi connectivity index (χ4v) is 1.51. The number of hydrogen-bond donors (Lipinski definition) is 2. The van der Waals surface area contributed by atoms with E-state index in [9.17, 15) is 4.79 Å². The summed E-state index contributed by atoms with van der Waals surface area (Å²) in [6.07, 6.45) is 0. The van der Waals surface area contributed by atoms with E-state index in [2.05, 4.69) is 10.6 Å². The molecular weight excluding hydrogens is 244 g/mol. The van der Waals surface area contributed by atoms with Crippen molar-refractivity contribution in [3.63, 3.8) is 0 Å². The van der Waals surface area contributed by atoms with Crippen LogP contribution in [0.1, 0.15) is 17.3 Å². The lowest BCUT2D eigenvalue weighted by atomic mass is 10.2. The number of carbonyl (C=O) groups is 1. The molecule has 0 saturated carbocycles. The average molecular weight is 266 g/mol. The maximum atomic E-state index is 11.9. The van der Waals surface area contributed by atoms with Crippen molar-refractivity contribution in [1.29, 1.82) is 0 Å². The molecule has 0 unspecified atom stereocenters. The molecule has 106 valence electrons. The monoisotopic (exact) mass is 266 g/mol. The highest BCUT2D eigenvalue weighted by Gasteiger charge is 2.05. The lowest BCUT2D eigenvalue weighted by Gasteiger charge is -2.08. The van der Waals surface area contributed by atoms with Gasteiger partial charge < -0.3 is 20.1 Å². The van der Waals surface area contributed by atoms with Crippen molar-refractivity contribution in [3.05, 3.63) is 29.8 Å². The van der Waals surface area contributed by atoms with Gasteiger partial charge in [0.1, 0.15) is 12.4 Å². The molecule has 1 aromatic carbocycles. The minimum Gasteiger partial charge on any atom is -0.491 e. The third-order valence-corrected chi connectivity index (χ3v) is 2.49. The summed E-state index contributed by atoms with van der Waals surface area (Å²) in [7, 11) is 1.62. The third-order valence-electron chi connectivity index (χ3n) is 2.49. The van der Waals surface area contributed by atoms with E-state index in [1.54, 1.807) is 25.3 Å². The molecule has 0 heterocycles. The Hall–Kier alpha value is -1.59. The molecule has 1 rings (SSSR count). The third kappa shape index (κ3) is 6.22. The van der Waals surface area contributed by atoms with Gasteiger partial charge in [-0.2, -0.15) is 0 Å². The maximum Gasteiger partial charge on any atom is 0.251 e. The SMILES string of the molecule is CCNCCNC(=O)c1cccc(OCCOC)c1. The Labute approximate surface area is 114 Å². The molecule has 0 spiro atoms. The van der Waals surface area contributed by atoms with Crippen LogP contribution in [0.3, 0.4) is 0 Å². The zero-order chi connectivity index (χ0) is 13.9. The second-order valence-electron chi connectivity index (χ2n) is 3.98. The molecule has 1 amide bonds. The largest absolute Gasteiger partial charge is 0.491 e. The Morgan fingerprint density at radius 3 is 2.84 bits per heavy atom. The van der Waals surface area contributed by atoms with E-state index < -0.39 is 0 Å². The van der Waals surface area contributed by atoms with E-state index in [1.807, 2.05) is 13.0 Å². The molecule has 0 saturated heterocycles. The van der Waals surface area contributed by atoms with E-state index in [4.69, 9.17) is 9.47 Å². The molecule has 0 aliphatic rings. The van der Waals surface area contributed by atoms with Gasteiger partial charge in [-0.25, -0.2) is 0 Å². The summed E-state index contributed by atoms with van der Waals surface area (Å²) in [6.45, 7) is 5.32. The van der Waals surface area contributed by atoms with Crippen LogP contribution >= 0.6 is 0 Å². The molecule has 0 radical (unpaired) electrons. The summed E-state index contributed by atoms with van der Waals surface area (Å²) in [4.78, 5) is 11.9. The van der Waals surface area contributed by atoms with Crippen LogP contribution in [-0.4, -0.2) is 45.9 Å². The van der Waals surface area contributed by atoms with Crippen LogP contribution in [-0.2, 0) is 4.74 Å². The molecule has 5 nitrogen and oxygen atoms in total. The minimum atomic E-state index is -0.0879. The number of carbonyl (C=O) groups excluding carboxylic acids is 1. The van der Waals surface area contributed by atoms with Crippen LogP contribution in [0, 0.1) is 0 Å². The van der Waals surface area contributed by atoms with Gasteiger partial charge in [0, 0.05) is 25.8 Å². The molecule has 2 N–H and O–H groups in total. The van der Waals surface area contributed by atoms with Crippen LogP contribution in [0.5, 0.6) is 5.75 Å². The van der Waals surface area contributed by atoms with Crippen molar-refractivity contribution in [3.8, 4) is 5.75 Å². The number of ether oxygens (including phenoxy) is 2. The van der Waals surface area contributed by atoms with Crippen LogP contribution in [0.15, 0.2) is 24.3 Å². The predicted molar refractivity (Wildman–Crippen MR) is 74.7 cm³/mol. The van der Waals surface area contributed by atoms with E-state index in [-0.39, 0.29) is 5.91 Å². The standard InChI is InChI=1S/C14H22N2O3/c1-3-15-7-8-16-14(17)12-5-4-6-13(11-12)19-10-9-18-2/h4-6,11,15H,3,7-10H2,1-2H3,(H,16,17). The molecule has 0 fully saturated rings. The summed E-state index contributed by atoms with van der Waals surface area (Å²) in [5.74, 6) is 0.589. The number of hydrogen-bond acceptors (Lipinski definition) is 4. The first kappa shape index (κ1) is 15.5. The number of benzene rings is 1. The molecule has 1 aromatic rings. The summed E-state index contributed by atoms with van der Waals surface area (Å²) in [5.41, 5.74) is 0.603. The fourth-order valence-electron chi connectivity index (χ4n) is 1.51. The zero-order valence-corrected chi connectivity index (χ0v) is 11.6. The van der Waals surface area contributed by atoms with E-state index in [1.165, 1.54) is 0 Å². The number of likely N-dealkylation sites (N-methyl/N-ethyl adjacent to an activating group) is 1. The lowest BCUT2D eigenvalue weighted by molar-refractivity contribution is 0.0953. The molecule has 19 heavy (non-hydrogen) atoms. The summed E-state index contributed by atoms with van der Waals surface area (Å²) < 4.78 is 10.4. The van der Waals surface area contributed by atoms with Crippen LogP contribution < -0.4 is 15.4 Å². The number of rotatable bonds is 9. The van der Waals surface area contributed by atoms with Gasteiger partial charge in [0.25, 0.3) is 5.91 Å². The van der Waals surface area contributed by atoms with Crippen LogP contribution in [0.4, 0.5) is 0 Å². The highest BCUT2D eigenvalue weighted by atomic mass is 16.5. The second kappa shape index (κ2) is 9.35. The van der Waals surface area contributed by atoms with Gasteiger partial charge >= 0.3 is 0 Å². The minimum absolute atomic E-state index is 0.0879. The second-order valence-corrected chi connectivity index (χ2v) is 3.98. The van der Waals surface area contributed by atoms with E-state index in [0.717, 1.165) is 13.1 Å². The van der Waals surface area contributed by atoms with Gasteiger partial charge in [-0.05, 0) is 24.7 Å². The van der Waals surface area contributed by atoms with Crippen molar-refractivity contribution < 1.29 is 14.3 Å². The zero-order valence-electron chi connectivity index (χ0n) is 11.6. The lowest BCUT2D eigenvalue weighted by Crippen LogP contribution is -2.31. The highest BCUT2D eigenvalue weighted by molar-refractivity contribution is 5.94. The summed E-state index contributed by atoms with van der Waals surface area (Å²) >= 11 is 0. The fraction of sp³-hybridized carbons (Fsp3) is 0.500. The maximum absolute atomic E-state index is 11.9. The normalized spacial score (nSPS) is 10.2. The van der Waals surface area contributed by atoms with Gasteiger partial charge in [-0.1, -0.05) is 13.0 Å². The van der Waals surface area contributed by atoms with E-state index in [0.29, 0.717) is 31.1 Å². The molecule has 0 aromatic heterocycles. The average Bonchev–Trinajstić information content (AvgIpc) is 2.44. The topological polar surface area (TPSA) is 59.6 Å². The van der Waals surface area contributed by atoms with Gasteiger partial charge in [0.2, 0.25) is 0 Å². The molecule has 0 aliphatic carbocycles. The van der Waals surface area contributed by atoms with Crippen LogP contribution in [0.2, 0.25) is 0 Å². The van der Waals surface area contributed by atoms with Gasteiger partial charge in [-0.3, -0.25) is 4.79 Å². The van der Waals surface area contributed by atoms with Crippen LogP contribution in [0.25, 0.3) is 0 Å². The van der Waals surface area contributed by atoms with Crippen molar-refractivity contribution in [2.75, 3.05) is 40.0 Å². The predicted octanol–water partition coefficient (Wildman–Crippen LogP) is 1.05. The number of methoxy groups -OCH3 is 1.